The van der Waals surface area contributed by atoms with E-state index in [9.17, 15) is 14.4 Å². The maximum atomic E-state index is 12.4. The largest absolute Gasteiger partial charge is 0.481 e. The summed E-state index contributed by atoms with van der Waals surface area (Å²) < 4.78 is 0. The fourth-order valence-corrected chi connectivity index (χ4v) is 2.83. The van der Waals surface area contributed by atoms with E-state index in [4.69, 9.17) is 5.11 Å². The number of carbonyl (C=O) groups is 3. The number of nitrogens with one attached hydrogen (secondary N) is 1. The van der Waals surface area contributed by atoms with E-state index in [-0.39, 0.29) is 18.5 Å². The molecule has 0 spiro atoms. The zero-order chi connectivity index (χ0) is 15.7. The fourth-order valence-electron chi connectivity index (χ4n) is 2.83. The maximum absolute atomic E-state index is 12.4. The molecule has 0 aliphatic carbocycles. The summed E-state index contributed by atoms with van der Waals surface area (Å²) in [6.07, 6.45) is 0.493. The fraction of sp³-hybridized carbons (Fsp3) is 0.400. The maximum Gasteiger partial charge on any atom is 0.321 e. The van der Waals surface area contributed by atoms with E-state index in [0.29, 0.717) is 31.6 Å². The minimum atomic E-state index is -0.856. The highest BCUT2D eigenvalue weighted by Crippen LogP contribution is 2.21. The first-order valence-corrected chi connectivity index (χ1v) is 7.24. The van der Waals surface area contributed by atoms with E-state index in [1.54, 1.807) is 34.1 Å². The van der Waals surface area contributed by atoms with Crippen molar-refractivity contribution in [3.63, 3.8) is 0 Å². The van der Waals surface area contributed by atoms with Crippen LogP contribution in [0.2, 0.25) is 0 Å². The van der Waals surface area contributed by atoms with Crippen LogP contribution in [-0.4, -0.2) is 54.1 Å². The summed E-state index contributed by atoms with van der Waals surface area (Å²) in [5.74, 6) is -1.50. The van der Waals surface area contributed by atoms with Gasteiger partial charge in [-0.1, -0.05) is 0 Å². The zero-order valence-corrected chi connectivity index (χ0v) is 12.0. The van der Waals surface area contributed by atoms with Gasteiger partial charge in [-0.15, -0.1) is 0 Å². The molecule has 3 amide bonds. The predicted molar refractivity (Wildman–Crippen MR) is 78.8 cm³/mol. The molecular weight excluding hydrogens is 286 g/mol. The highest BCUT2D eigenvalue weighted by atomic mass is 16.4. The van der Waals surface area contributed by atoms with Crippen LogP contribution < -0.4 is 10.2 Å². The lowest BCUT2D eigenvalue weighted by molar-refractivity contribution is -0.141. The molecule has 2 saturated heterocycles. The highest BCUT2D eigenvalue weighted by Gasteiger charge is 2.31. The third-order valence-corrected chi connectivity index (χ3v) is 4.11. The number of urea groups is 1. The van der Waals surface area contributed by atoms with E-state index in [1.807, 2.05) is 0 Å². The summed E-state index contributed by atoms with van der Waals surface area (Å²) in [4.78, 5) is 38.1. The van der Waals surface area contributed by atoms with Crippen molar-refractivity contribution in [3.8, 4) is 0 Å². The molecule has 1 aromatic carbocycles. The summed E-state index contributed by atoms with van der Waals surface area (Å²) in [6, 6.07) is 6.70. The average molecular weight is 303 g/mol. The number of benzene rings is 1. The third kappa shape index (κ3) is 2.61. The van der Waals surface area contributed by atoms with Gasteiger partial charge in [0.05, 0.1) is 5.92 Å². The smallest absolute Gasteiger partial charge is 0.321 e. The quantitative estimate of drug-likeness (QED) is 0.862. The first kappa shape index (κ1) is 14.4. The second-order valence-electron chi connectivity index (χ2n) is 5.51. The lowest BCUT2D eigenvalue weighted by Crippen LogP contribution is -2.30. The number of carboxylic acid groups (broad SMARTS) is 1. The van der Waals surface area contributed by atoms with Crippen molar-refractivity contribution < 1.29 is 19.5 Å². The van der Waals surface area contributed by atoms with E-state index >= 15 is 0 Å². The normalized spacial score (nSPS) is 21.1. The Hall–Kier alpha value is -2.57. The molecule has 0 unspecified atom stereocenters. The molecule has 2 fully saturated rings. The molecule has 3 rings (SSSR count). The number of rotatable bonds is 3. The molecule has 22 heavy (non-hydrogen) atoms. The summed E-state index contributed by atoms with van der Waals surface area (Å²) in [6.45, 7) is 1.94. The molecule has 0 saturated carbocycles. The Bertz CT molecular complexity index is 614. The van der Waals surface area contributed by atoms with Crippen LogP contribution in [0.25, 0.3) is 0 Å². The molecule has 2 heterocycles. The first-order chi connectivity index (χ1) is 10.6. The molecule has 0 bridgehead atoms. The SMILES string of the molecule is O=C(O)[C@H]1CCN(C(=O)c2ccc(N3CCNC3=O)cc2)C1. The Labute approximate surface area is 127 Å². The molecule has 0 radical (unpaired) electrons. The number of likely N-dealkylation sites (tertiary alicyclic amines) is 1. The Balaban J connectivity index is 1.69. The molecule has 0 aromatic heterocycles. The number of carbonyl (C=O) groups excluding carboxylic acids is 2. The number of anilines is 1. The van der Waals surface area contributed by atoms with Crippen LogP contribution in [0.1, 0.15) is 16.8 Å². The Kier molecular flexibility index (Phi) is 3.70. The van der Waals surface area contributed by atoms with Gasteiger partial charge in [0.15, 0.2) is 0 Å². The molecular formula is C15H17N3O4. The molecule has 1 aromatic rings. The third-order valence-electron chi connectivity index (χ3n) is 4.11. The van der Waals surface area contributed by atoms with Gasteiger partial charge in [0.2, 0.25) is 0 Å². The van der Waals surface area contributed by atoms with Crippen molar-refractivity contribution in [1.82, 2.24) is 10.2 Å². The monoisotopic (exact) mass is 303 g/mol. The van der Waals surface area contributed by atoms with E-state index in [0.717, 1.165) is 5.69 Å². The number of amides is 3. The second-order valence-corrected chi connectivity index (χ2v) is 5.51. The van der Waals surface area contributed by atoms with Crippen LogP contribution in [0.4, 0.5) is 10.5 Å². The van der Waals surface area contributed by atoms with Crippen LogP contribution in [0.3, 0.4) is 0 Å². The summed E-state index contributed by atoms with van der Waals surface area (Å²) >= 11 is 0. The van der Waals surface area contributed by atoms with E-state index in [2.05, 4.69) is 5.32 Å². The highest BCUT2D eigenvalue weighted by molar-refractivity contribution is 5.97. The van der Waals surface area contributed by atoms with Crippen LogP contribution in [0.5, 0.6) is 0 Å². The van der Waals surface area contributed by atoms with Crippen molar-refractivity contribution in [1.29, 1.82) is 0 Å². The number of hydrogen-bond acceptors (Lipinski definition) is 3. The lowest BCUT2D eigenvalue weighted by Gasteiger charge is -2.17. The molecule has 7 nitrogen and oxygen atoms in total. The number of carboxylic acids is 1. The van der Waals surface area contributed by atoms with Gasteiger partial charge >= 0.3 is 12.0 Å². The van der Waals surface area contributed by atoms with Gasteiger partial charge in [-0.05, 0) is 30.7 Å². The molecule has 116 valence electrons. The Morgan fingerprint density at radius 1 is 1.18 bits per heavy atom. The number of aliphatic carboxylic acids is 1. The van der Waals surface area contributed by atoms with Crippen molar-refractivity contribution in [2.45, 2.75) is 6.42 Å². The zero-order valence-electron chi connectivity index (χ0n) is 12.0. The van der Waals surface area contributed by atoms with Gasteiger partial charge in [0.1, 0.15) is 0 Å². The minimum Gasteiger partial charge on any atom is -0.481 e. The van der Waals surface area contributed by atoms with Crippen molar-refractivity contribution in [2.24, 2.45) is 5.92 Å². The van der Waals surface area contributed by atoms with Gasteiger partial charge in [-0.3, -0.25) is 14.5 Å². The summed E-state index contributed by atoms with van der Waals surface area (Å²) in [5.41, 5.74) is 1.26. The number of nitrogens with zero attached hydrogens (tertiary/aromatic N) is 2. The standard InChI is InChI=1S/C15H17N3O4/c19-13(17-7-5-11(9-17)14(20)21)10-1-3-12(4-2-10)18-8-6-16-15(18)22/h1-4,11H,5-9H2,(H,16,22)(H,20,21)/t11-/m0/s1. The predicted octanol–water partition coefficient (Wildman–Crippen LogP) is 0.763. The van der Waals surface area contributed by atoms with Gasteiger partial charge in [-0.2, -0.15) is 0 Å². The summed E-state index contributed by atoms with van der Waals surface area (Å²) in [7, 11) is 0. The van der Waals surface area contributed by atoms with Crippen LogP contribution in [0.15, 0.2) is 24.3 Å². The van der Waals surface area contributed by atoms with Crippen LogP contribution in [-0.2, 0) is 4.79 Å². The topological polar surface area (TPSA) is 89.9 Å². The van der Waals surface area contributed by atoms with Crippen molar-refractivity contribution >= 4 is 23.6 Å². The molecule has 2 N–H and O–H groups in total. The number of hydrogen-bond donors (Lipinski definition) is 2. The molecule has 2 aliphatic rings. The van der Waals surface area contributed by atoms with E-state index < -0.39 is 11.9 Å². The first-order valence-electron chi connectivity index (χ1n) is 7.24. The van der Waals surface area contributed by atoms with Crippen molar-refractivity contribution in [3.05, 3.63) is 29.8 Å². The Morgan fingerprint density at radius 3 is 2.45 bits per heavy atom. The van der Waals surface area contributed by atoms with Gasteiger partial charge in [0, 0.05) is 37.4 Å². The Morgan fingerprint density at radius 2 is 1.91 bits per heavy atom. The van der Waals surface area contributed by atoms with Crippen LogP contribution in [0, 0.1) is 5.92 Å². The molecule has 7 heteroatoms. The van der Waals surface area contributed by atoms with Gasteiger partial charge in [0.25, 0.3) is 5.91 Å². The molecule has 1 atom stereocenters. The van der Waals surface area contributed by atoms with Gasteiger partial charge in [-0.25, -0.2) is 4.79 Å². The minimum absolute atomic E-state index is 0.136. The summed E-state index contributed by atoms with van der Waals surface area (Å²) in [5, 5.41) is 11.7. The van der Waals surface area contributed by atoms with Crippen molar-refractivity contribution in [2.75, 3.05) is 31.1 Å². The average Bonchev–Trinajstić information content (AvgIpc) is 3.15. The lowest BCUT2D eigenvalue weighted by atomic mass is 10.1. The van der Waals surface area contributed by atoms with E-state index in [1.165, 1.54) is 0 Å². The van der Waals surface area contributed by atoms with Crippen LogP contribution >= 0.6 is 0 Å². The molecule has 2 aliphatic heterocycles. The second kappa shape index (κ2) is 5.67. The van der Waals surface area contributed by atoms with Gasteiger partial charge < -0.3 is 15.3 Å².